The molecule has 0 N–H and O–H groups in total. The van der Waals surface area contributed by atoms with Gasteiger partial charge >= 0.3 is 0 Å². The molecule has 1 aliphatic rings. The van der Waals surface area contributed by atoms with Gasteiger partial charge in [-0.2, -0.15) is 0 Å². The molecule has 1 fully saturated rings. The van der Waals surface area contributed by atoms with Crippen molar-refractivity contribution in [3.05, 3.63) is 0 Å². The highest BCUT2D eigenvalue weighted by Gasteiger charge is 2.40. The Morgan fingerprint density at radius 3 is 0.828 bits per heavy atom. The maximum atomic E-state index is 2.31. The minimum atomic E-state index is 0.832. The minimum Gasteiger partial charge on any atom is -0.0654 e. The standard InChI is InChI=1S/C29H58/c1-3-5-7-9-11-13-15-17-19-21-23-25-29(27-28-29)26-24-22-20-18-16-14-12-10-8-6-4-2/h3-28H2,1-2H3. The lowest BCUT2D eigenvalue weighted by atomic mass is 9.91. The molecule has 0 unspecified atom stereocenters. The van der Waals surface area contributed by atoms with Crippen LogP contribution in [0.5, 0.6) is 0 Å². The van der Waals surface area contributed by atoms with Crippen LogP contribution >= 0.6 is 0 Å². The van der Waals surface area contributed by atoms with E-state index in [2.05, 4.69) is 13.8 Å². The molecule has 0 bridgehead atoms. The predicted molar refractivity (Wildman–Crippen MR) is 134 cm³/mol. The van der Waals surface area contributed by atoms with Gasteiger partial charge in [0.25, 0.3) is 0 Å². The van der Waals surface area contributed by atoms with E-state index in [1.165, 1.54) is 141 Å². The summed E-state index contributed by atoms with van der Waals surface area (Å²) in [6.45, 7) is 4.62. The highest BCUT2D eigenvalue weighted by molar-refractivity contribution is 4.92. The number of rotatable bonds is 24. The summed E-state index contributed by atoms with van der Waals surface area (Å²) in [6, 6.07) is 0. The van der Waals surface area contributed by atoms with Crippen LogP contribution in [0.25, 0.3) is 0 Å². The van der Waals surface area contributed by atoms with Crippen molar-refractivity contribution in [1.82, 2.24) is 0 Å². The Labute approximate surface area is 186 Å². The molecule has 0 amide bonds. The van der Waals surface area contributed by atoms with Crippen molar-refractivity contribution in [2.75, 3.05) is 0 Å². The van der Waals surface area contributed by atoms with Crippen LogP contribution in [-0.4, -0.2) is 0 Å². The second kappa shape index (κ2) is 19.9. The minimum absolute atomic E-state index is 0.832. The molecule has 1 rings (SSSR count). The Morgan fingerprint density at radius 1 is 0.345 bits per heavy atom. The van der Waals surface area contributed by atoms with Gasteiger partial charge in [0, 0.05) is 0 Å². The number of unbranched alkanes of at least 4 members (excludes halogenated alkanes) is 20. The van der Waals surface area contributed by atoms with E-state index in [0.717, 1.165) is 5.41 Å². The molecule has 0 aromatic heterocycles. The van der Waals surface area contributed by atoms with Crippen molar-refractivity contribution < 1.29 is 0 Å². The van der Waals surface area contributed by atoms with Crippen LogP contribution in [0, 0.1) is 5.41 Å². The van der Waals surface area contributed by atoms with Gasteiger partial charge in [0.05, 0.1) is 0 Å². The van der Waals surface area contributed by atoms with Crippen molar-refractivity contribution >= 4 is 0 Å². The average molecular weight is 407 g/mol. The highest BCUT2D eigenvalue weighted by atomic mass is 14.5. The van der Waals surface area contributed by atoms with E-state index >= 15 is 0 Å². The van der Waals surface area contributed by atoms with E-state index < -0.39 is 0 Å². The quantitative estimate of drug-likeness (QED) is 0.140. The van der Waals surface area contributed by atoms with Gasteiger partial charge in [0.15, 0.2) is 0 Å². The molecule has 0 nitrogen and oxygen atoms in total. The van der Waals surface area contributed by atoms with Crippen LogP contribution in [-0.2, 0) is 0 Å². The summed E-state index contributed by atoms with van der Waals surface area (Å²) >= 11 is 0. The molecule has 29 heavy (non-hydrogen) atoms. The SMILES string of the molecule is CCCCCCCCCCCCCC1(CCCCCCCCCCCCC)CC1. The zero-order chi connectivity index (χ0) is 20.9. The molecule has 174 valence electrons. The van der Waals surface area contributed by atoms with Gasteiger partial charge in [-0.05, 0) is 31.1 Å². The van der Waals surface area contributed by atoms with Crippen molar-refractivity contribution in [1.29, 1.82) is 0 Å². The van der Waals surface area contributed by atoms with Crippen LogP contribution < -0.4 is 0 Å². The molecular formula is C29H58. The molecule has 1 saturated carbocycles. The summed E-state index contributed by atoms with van der Waals surface area (Å²) in [5.41, 5.74) is 0.832. The predicted octanol–water partition coefficient (Wildman–Crippen LogP) is 11.2. The van der Waals surface area contributed by atoms with Crippen molar-refractivity contribution in [2.45, 2.75) is 181 Å². The fourth-order valence-corrected chi connectivity index (χ4v) is 5.13. The van der Waals surface area contributed by atoms with Crippen LogP contribution in [0.1, 0.15) is 181 Å². The monoisotopic (exact) mass is 406 g/mol. The molecule has 1 aliphatic carbocycles. The van der Waals surface area contributed by atoms with Gasteiger partial charge in [-0.15, -0.1) is 0 Å². The number of hydrogen-bond donors (Lipinski definition) is 0. The summed E-state index contributed by atoms with van der Waals surface area (Å²) in [4.78, 5) is 0. The molecule has 0 atom stereocenters. The van der Waals surface area contributed by atoms with E-state index in [1.807, 2.05) is 0 Å². The smallest absolute Gasteiger partial charge is 0.0297 e. The Hall–Kier alpha value is 0. The summed E-state index contributed by atoms with van der Waals surface area (Å²) in [5, 5.41) is 0. The third-order valence-electron chi connectivity index (χ3n) is 7.58. The lowest BCUT2D eigenvalue weighted by molar-refractivity contribution is 0.382. The number of hydrogen-bond acceptors (Lipinski definition) is 0. The van der Waals surface area contributed by atoms with Gasteiger partial charge in [0.1, 0.15) is 0 Å². The lowest BCUT2D eigenvalue weighted by Gasteiger charge is -2.14. The normalized spacial score (nSPS) is 15.1. The Kier molecular flexibility index (Phi) is 18.6. The third kappa shape index (κ3) is 17.4. The van der Waals surface area contributed by atoms with E-state index in [4.69, 9.17) is 0 Å². The van der Waals surface area contributed by atoms with Gasteiger partial charge in [-0.25, -0.2) is 0 Å². The maximum absolute atomic E-state index is 2.31. The van der Waals surface area contributed by atoms with Crippen LogP contribution in [0.2, 0.25) is 0 Å². The third-order valence-corrected chi connectivity index (χ3v) is 7.58. The largest absolute Gasteiger partial charge is 0.0654 e. The molecule has 0 aromatic carbocycles. The fraction of sp³-hybridized carbons (Fsp3) is 1.00. The Balaban J connectivity index is 1.78. The van der Waals surface area contributed by atoms with Crippen LogP contribution in [0.15, 0.2) is 0 Å². The summed E-state index contributed by atoms with van der Waals surface area (Å²) < 4.78 is 0. The zero-order valence-corrected chi connectivity index (χ0v) is 20.9. The molecule has 0 saturated heterocycles. The second-order valence-electron chi connectivity index (χ2n) is 10.6. The van der Waals surface area contributed by atoms with Crippen molar-refractivity contribution in [3.8, 4) is 0 Å². The zero-order valence-electron chi connectivity index (χ0n) is 20.9. The first kappa shape index (κ1) is 27.0. The Morgan fingerprint density at radius 2 is 0.586 bits per heavy atom. The summed E-state index contributed by atoms with van der Waals surface area (Å²) in [7, 11) is 0. The molecule has 0 spiro atoms. The molecule has 0 radical (unpaired) electrons. The lowest BCUT2D eigenvalue weighted by Crippen LogP contribution is -2.00. The van der Waals surface area contributed by atoms with E-state index in [1.54, 1.807) is 25.7 Å². The van der Waals surface area contributed by atoms with Crippen LogP contribution in [0.3, 0.4) is 0 Å². The first-order valence-corrected chi connectivity index (χ1v) is 14.3. The van der Waals surface area contributed by atoms with Gasteiger partial charge < -0.3 is 0 Å². The average Bonchev–Trinajstić information content (AvgIpc) is 3.50. The van der Waals surface area contributed by atoms with E-state index in [-0.39, 0.29) is 0 Å². The van der Waals surface area contributed by atoms with E-state index in [9.17, 15) is 0 Å². The first-order valence-electron chi connectivity index (χ1n) is 14.3. The fourth-order valence-electron chi connectivity index (χ4n) is 5.13. The first-order chi connectivity index (χ1) is 14.3. The summed E-state index contributed by atoms with van der Waals surface area (Å²) in [6.07, 6.45) is 38.8. The topological polar surface area (TPSA) is 0 Å². The second-order valence-corrected chi connectivity index (χ2v) is 10.6. The highest BCUT2D eigenvalue weighted by Crippen LogP contribution is 2.53. The van der Waals surface area contributed by atoms with Crippen molar-refractivity contribution in [2.24, 2.45) is 5.41 Å². The van der Waals surface area contributed by atoms with Crippen molar-refractivity contribution in [3.63, 3.8) is 0 Å². The van der Waals surface area contributed by atoms with Crippen LogP contribution in [0.4, 0.5) is 0 Å². The van der Waals surface area contributed by atoms with Gasteiger partial charge in [-0.3, -0.25) is 0 Å². The summed E-state index contributed by atoms with van der Waals surface area (Å²) in [5.74, 6) is 0. The molecular weight excluding hydrogens is 348 g/mol. The molecule has 0 aliphatic heterocycles. The molecule has 0 heteroatoms. The van der Waals surface area contributed by atoms with Gasteiger partial charge in [-0.1, -0.05) is 155 Å². The molecule has 0 heterocycles. The maximum Gasteiger partial charge on any atom is -0.0297 e. The van der Waals surface area contributed by atoms with Gasteiger partial charge in [0.2, 0.25) is 0 Å². The molecule has 0 aromatic rings. The van der Waals surface area contributed by atoms with E-state index in [0.29, 0.717) is 0 Å². The Bertz CT molecular complexity index is 286.